The maximum absolute atomic E-state index is 8.91. The fourth-order valence-electron chi connectivity index (χ4n) is 1.19. The summed E-state index contributed by atoms with van der Waals surface area (Å²) in [6.45, 7) is 0. The van der Waals surface area contributed by atoms with Gasteiger partial charge in [-0.2, -0.15) is 10.5 Å². The summed E-state index contributed by atoms with van der Waals surface area (Å²) < 4.78 is 0. The quantitative estimate of drug-likeness (QED) is 0.709. The molecule has 0 aliphatic carbocycles. The SMILES string of the molecule is CN(C)c1nc(N(C)C)c(C#N)nc1C#N. The Kier molecular flexibility index (Phi) is 3.27. The fourth-order valence-corrected chi connectivity index (χ4v) is 1.19. The van der Waals surface area contributed by atoms with E-state index in [2.05, 4.69) is 9.97 Å². The Morgan fingerprint density at radius 2 is 1.19 bits per heavy atom. The van der Waals surface area contributed by atoms with Crippen LogP contribution in [0.3, 0.4) is 0 Å². The molecule has 0 atom stereocenters. The third-order valence-electron chi connectivity index (χ3n) is 1.92. The number of hydrogen-bond acceptors (Lipinski definition) is 6. The Morgan fingerprint density at radius 3 is 1.44 bits per heavy atom. The third-order valence-corrected chi connectivity index (χ3v) is 1.92. The van der Waals surface area contributed by atoms with Gasteiger partial charge in [0.15, 0.2) is 23.0 Å². The van der Waals surface area contributed by atoms with Crippen LogP contribution in [-0.2, 0) is 0 Å². The van der Waals surface area contributed by atoms with Gasteiger partial charge in [0.05, 0.1) is 0 Å². The van der Waals surface area contributed by atoms with Gasteiger partial charge in [0, 0.05) is 28.2 Å². The summed E-state index contributed by atoms with van der Waals surface area (Å²) in [5.41, 5.74) is 0.319. The van der Waals surface area contributed by atoms with Crippen molar-refractivity contribution in [2.24, 2.45) is 0 Å². The van der Waals surface area contributed by atoms with E-state index in [9.17, 15) is 0 Å². The molecule has 0 saturated carbocycles. The zero-order valence-electron chi connectivity index (χ0n) is 9.68. The summed E-state index contributed by atoms with van der Waals surface area (Å²) in [7, 11) is 7.10. The van der Waals surface area contributed by atoms with Gasteiger partial charge >= 0.3 is 0 Å². The second kappa shape index (κ2) is 4.45. The molecule has 0 radical (unpaired) electrons. The summed E-state index contributed by atoms with van der Waals surface area (Å²) in [6.07, 6.45) is 0. The Hall–Kier alpha value is -2.34. The summed E-state index contributed by atoms with van der Waals surface area (Å²) in [4.78, 5) is 11.6. The van der Waals surface area contributed by atoms with Crippen LogP contribution in [0.15, 0.2) is 0 Å². The molecule has 0 spiro atoms. The minimum atomic E-state index is 0.159. The number of aromatic nitrogens is 2. The Morgan fingerprint density at radius 1 is 0.812 bits per heavy atom. The highest BCUT2D eigenvalue weighted by Crippen LogP contribution is 2.20. The molecule has 6 heteroatoms. The maximum atomic E-state index is 8.91. The van der Waals surface area contributed by atoms with Crippen LogP contribution in [0.5, 0.6) is 0 Å². The van der Waals surface area contributed by atoms with Gasteiger partial charge in [-0.05, 0) is 0 Å². The van der Waals surface area contributed by atoms with Crippen molar-refractivity contribution in [2.75, 3.05) is 38.0 Å². The molecule has 1 heterocycles. The molecule has 0 aliphatic rings. The van der Waals surface area contributed by atoms with Gasteiger partial charge in [-0.3, -0.25) is 0 Å². The molecule has 0 N–H and O–H groups in total. The van der Waals surface area contributed by atoms with Crippen LogP contribution in [-0.4, -0.2) is 38.2 Å². The maximum Gasteiger partial charge on any atom is 0.184 e. The van der Waals surface area contributed by atoms with Crippen LogP contribution < -0.4 is 9.80 Å². The molecule has 0 aromatic carbocycles. The number of nitrogens with zero attached hydrogens (tertiary/aromatic N) is 6. The predicted molar refractivity (Wildman–Crippen MR) is 60.1 cm³/mol. The standard InChI is InChI=1S/C10H12N6/c1-15(2)9-7(5-11)13-8(6-12)10(14-9)16(3)4/h1-4H3. The van der Waals surface area contributed by atoms with Gasteiger partial charge in [0.2, 0.25) is 0 Å². The van der Waals surface area contributed by atoms with Crippen molar-refractivity contribution in [3.63, 3.8) is 0 Å². The van der Waals surface area contributed by atoms with E-state index in [1.54, 1.807) is 38.0 Å². The monoisotopic (exact) mass is 216 g/mol. The molecule has 6 nitrogen and oxygen atoms in total. The fraction of sp³-hybridized carbons (Fsp3) is 0.400. The molecule has 0 saturated heterocycles. The average Bonchev–Trinajstić information content (AvgIpc) is 2.26. The lowest BCUT2D eigenvalue weighted by atomic mass is 10.3. The average molecular weight is 216 g/mol. The molecule has 0 amide bonds. The summed E-state index contributed by atoms with van der Waals surface area (Å²) >= 11 is 0. The smallest absolute Gasteiger partial charge is 0.184 e. The van der Waals surface area contributed by atoms with Crippen LogP contribution in [0, 0.1) is 22.7 Å². The van der Waals surface area contributed by atoms with Crippen molar-refractivity contribution in [1.29, 1.82) is 10.5 Å². The highest BCUT2D eigenvalue weighted by atomic mass is 15.2. The predicted octanol–water partition coefficient (Wildman–Crippen LogP) is 0.352. The third kappa shape index (κ3) is 2.01. The van der Waals surface area contributed by atoms with E-state index in [1.807, 2.05) is 12.1 Å². The van der Waals surface area contributed by atoms with Gasteiger partial charge < -0.3 is 9.80 Å². The minimum Gasteiger partial charge on any atom is -0.360 e. The molecule has 0 bridgehead atoms. The van der Waals surface area contributed by atoms with Crippen LogP contribution in [0.1, 0.15) is 11.4 Å². The molecule has 16 heavy (non-hydrogen) atoms. The second-order valence-corrected chi connectivity index (χ2v) is 3.58. The number of rotatable bonds is 2. The molecule has 0 aliphatic heterocycles. The first-order chi connectivity index (χ1) is 7.51. The van der Waals surface area contributed by atoms with E-state index >= 15 is 0 Å². The number of hydrogen-bond donors (Lipinski definition) is 0. The van der Waals surface area contributed by atoms with Crippen molar-refractivity contribution in [2.45, 2.75) is 0 Å². The van der Waals surface area contributed by atoms with Crippen LogP contribution in [0.4, 0.5) is 11.6 Å². The molecule has 1 aromatic heterocycles. The molecule has 82 valence electrons. The zero-order chi connectivity index (χ0) is 12.3. The topological polar surface area (TPSA) is 79.8 Å². The van der Waals surface area contributed by atoms with Crippen LogP contribution >= 0.6 is 0 Å². The van der Waals surface area contributed by atoms with Gasteiger partial charge in [0.25, 0.3) is 0 Å². The van der Waals surface area contributed by atoms with E-state index in [-0.39, 0.29) is 11.4 Å². The number of anilines is 2. The van der Waals surface area contributed by atoms with Crippen LogP contribution in [0.2, 0.25) is 0 Å². The van der Waals surface area contributed by atoms with E-state index in [0.29, 0.717) is 11.6 Å². The Balaban J connectivity index is 3.50. The van der Waals surface area contributed by atoms with Crippen molar-refractivity contribution >= 4 is 11.6 Å². The molecule has 1 rings (SSSR count). The van der Waals surface area contributed by atoms with Crippen molar-refractivity contribution in [1.82, 2.24) is 9.97 Å². The second-order valence-electron chi connectivity index (χ2n) is 3.58. The van der Waals surface area contributed by atoms with Gasteiger partial charge in [-0.15, -0.1) is 0 Å². The molecular formula is C10H12N6. The van der Waals surface area contributed by atoms with E-state index in [1.165, 1.54) is 0 Å². The molecular weight excluding hydrogens is 204 g/mol. The minimum absolute atomic E-state index is 0.159. The highest BCUT2D eigenvalue weighted by Gasteiger charge is 2.15. The summed E-state index contributed by atoms with van der Waals surface area (Å²) in [6, 6.07) is 3.87. The Labute approximate surface area is 94.4 Å². The largest absolute Gasteiger partial charge is 0.360 e. The van der Waals surface area contributed by atoms with Gasteiger partial charge in [-0.25, -0.2) is 9.97 Å². The Bertz CT molecular complexity index is 436. The van der Waals surface area contributed by atoms with E-state index in [4.69, 9.17) is 10.5 Å². The normalized spacial score (nSPS) is 9.12. The molecule has 1 aromatic rings. The first-order valence-corrected chi connectivity index (χ1v) is 4.58. The number of nitriles is 2. The molecule has 0 unspecified atom stereocenters. The van der Waals surface area contributed by atoms with Crippen molar-refractivity contribution < 1.29 is 0 Å². The van der Waals surface area contributed by atoms with E-state index < -0.39 is 0 Å². The van der Waals surface area contributed by atoms with Gasteiger partial charge in [0.1, 0.15) is 12.1 Å². The first-order valence-electron chi connectivity index (χ1n) is 4.58. The van der Waals surface area contributed by atoms with Crippen molar-refractivity contribution in [3.05, 3.63) is 11.4 Å². The lowest BCUT2D eigenvalue weighted by molar-refractivity contribution is 0.972. The molecule has 0 fully saturated rings. The van der Waals surface area contributed by atoms with Gasteiger partial charge in [-0.1, -0.05) is 0 Å². The van der Waals surface area contributed by atoms with E-state index in [0.717, 1.165) is 0 Å². The highest BCUT2D eigenvalue weighted by molar-refractivity contribution is 5.59. The zero-order valence-corrected chi connectivity index (χ0v) is 9.68. The lowest BCUT2D eigenvalue weighted by Gasteiger charge is -2.17. The van der Waals surface area contributed by atoms with Crippen LogP contribution in [0.25, 0.3) is 0 Å². The summed E-state index contributed by atoms with van der Waals surface area (Å²) in [5.74, 6) is 0.926. The lowest BCUT2D eigenvalue weighted by Crippen LogP contribution is -2.19. The van der Waals surface area contributed by atoms with Crippen molar-refractivity contribution in [3.8, 4) is 12.1 Å². The summed E-state index contributed by atoms with van der Waals surface area (Å²) in [5, 5.41) is 17.8. The first kappa shape index (κ1) is 11.7.